The van der Waals surface area contributed by atoms with Gasteiger partial charge in [-0.05, 0) is 38.5 Å². The zero-order valence-corrected chi connectivity index (χ0v) is 11.0. The molecule has 1 aliphatic rings. The zero-order valence-electron chi connectivity index (χ0n) is 11.0. The summed E-state index contributed by atoms with van der Waals surface area (Å²) in [6.07, 6.45) is 0. The lowest BCUT2D eigenvalue weighted by atomic mass is 9.91. The minimum atomic E-state index is -1.04. The van der Waals surface area contributed by atoms with E-state index in [0.717, 1.165) is 5.56 Å². The van der Waals surface area contributed by atoms with E-state index in [1.807, 2.05) is 20.8 Å². The zero-order chi connectivity index (χ0) is 13.2. The van der Waals surface area contributed by atoms with Gasteiger partial charge in [0.1, 0.15) is 5.75 Å². The molecule has 0 radical (unpaired) electrons. The van der Waals surface area contributed by atoms with Gasteiger partial charge < -0.3 is 4.74 Å². The monoisotopic (exact) mass is 234 g/mol. The number of ether oxygens (including phenoxy) is 1. The lowest BCUT2D eigenvalue weighted by molar-refractivity contribution is -0.128. The molecule has 0 aliphatic carbocycles. The van der Waals surface area contributed by atoms with Crippen molar-refractivity contribution in [2.24, 2.45) is 0 Å². The lowest BCUT2D eigenvalue weighted by Gasteiger charge is -2.29. The van der Waals surface area contributed by atoms with Gasteiger partial charge in [0.2, 0.25) is 11.6 Å². The molecule has 3 nitrogen and oxygen atoms in total. The summed E-state index contributed by atoms with van der Waals surface area (Å²) in [5.74, 6) is -0.440. The molecule has 0 aromatic heterocycles. The molecule has 0 N–H and O–H groups in total. The van der Waals surface area contributed by atoms with Crippen LogP contribution < -0.4 is 4.74 Å². The van der Waals surface area contributed by atoms with E-state index in [-0.39, 0.29) is 0 Å². The number of ketones is 2. The Morgan fingerprint density at radius 1 is 1.12 bits per heavy atom. The average molecular weight is 234 g/mol. The van der Waals surface area contributed by atoms with Crippen LogP contribution >= 0.6 is 0 Å². The van der Waals surface area contributed by atoms with Gasteiger partial charge in [-0.1, -0.05) is 19.9 Å². The molecule has 0 saturated heterocycles. The van der Waals surface area contributed by atoms with Crippen LogP contribution in [0.1, 0.15) is 43.6 Å². The summed E-state index contributed by atoms with van der Waals surface area (Å²) in [7, 11) is 0. The van der Waals surface area contributed by atoms with Crippen molar-refractivity contribution in [2.75, 3.05) is 0 Å². The number of carbonyl (C=O) groups excluding carboxylic acids is 2. The van der Waals surface area contributed by atoms with E-state index in [1.54, 1.807) is 32.0 Å². The largest absolute Gasteiger partial charge is 0.479 e. The fraction of sp³-hybridized carbons (Fsp3) is 0.429. The molecule has 1 heterocycles. The molecule has 0 unspecified atom stereocenters. The summed E-state index contributed by atoms with van der Waals surface area (Å²) < 4.78 is 5.51. The van der Waals surface area contributed by atoms with Crippen LogP contribution in [0.5, 0.6) is 5.75 Å². The van der Waals surface area contributed by atoms with E-state index in [9.17, 15) is 9.59 Å². The molecule has 0 atom stereocenters. The summed E-state index contributed by atoms with van der Waals surface area (Å²) >= 11 is 0. The number of carbonyl (C=O) groups is 2. The second-order valence-corrected chi connectivity index (χ2v) is 4.27. The minimum Gasteiger partial charge on any atom is -0.479 e. The molecule has 92 valence electrons. The van der Waals surface area contributed by atoms with Crippen LogP contribution in [0.3, 0.4) is 0 Å². The molecule has 1 aliphatic heterocycles. The van der Waals surface area contributed by atoms with Crippen LogP contribution in [0.25, 0.3) is 0 Å². The van der Waals surface area contributed by atoms with Crippen LogP contribution in [0, 0.1) is 6.92 Å². The van der Waals surface area contributed by atoms with E-state index in [2.05, 4.69) is 0 Å². The summed E-state index contributed by atoms with van der Waals surface area (Å²) in [6.45, 7) is 9.13. The summed E-state index contributed by atoms with van der Waals surface area (Å²) in [5.41, 5.74) is 0.328. The first-order chi connectivity index (χ1) is 7.92. The van der Waals surface area contributed by atoms with Gasteiger partial charge in [-0.3, -0.25) is 9.59 Å². The third-order valence-corrected chi connectivity index (χ3v) is 2.50. The molecule has 1 aromatic rings. The number of Topliss-reactive ketones (excluding diaryl/α,β-unsaturated/α-hetero) is 2. The predicted octanol–water partition coefficient (Wildman–Crippen LogP) is 2.94. The highest BCUT2D eigenvalue weighted by Crippen LogP contribution is 2.31. The fourth-order valence-electron chi connectivity index (χ4n) is 1.62. The van der Waals surface area contributed by atoms with Gasteiger partial charge >= 0.3 is 0 Å². The Morgan fingerprint density at radius 2 is 1.71 bits per heavy atom. The molecule has 17 heavy (non-hydrogen) atoms. The summed E-state index contributed by atoms with van der Waals surface area (Å²) in [6, 6.07) is 5.22. The maximum absolute atomic E-state index is 11.7. The normalized spacial score (nSPS) is 16.5. The van der Waals surface area contributed by atoms with Gasteiger partial charge in [0.05, 0.1) is 5.56 Å². The van der Waals surface area contributed by atoms with Crippen molar-refractivity contribution in [1.82, 2.24) is 0 Å². The smallest absolute Gasteiger partial charge is 0.246 e. The number of hydrogen-bond donors (Lipinski definition) is 0. The topological polar surface area (TPSA) is 43.4 Å². The Morgan fingerprint density at radius 3 is 2.29 bits per heavy atom. The molecule has 2 rings (SSSR count). The van der Waals surface area contributed by atoms with Gasteiger partial charge in [0, 0.05) is 0 Å². The maximum Gasteiger partial charge on any atom is 0.246 e. The molecule has 0 saturated carbocycles. The van der Waals surface area contributed by atoms with Gasteiger partial charge in [0.15, 0.2) is 5.60 Å². The summed E-state index contributed by atoms with van der Waals surface area (Å²) in [4.78, 5) is 23.3. The van der Waals surface area contributed by atoms with E-state index >= 15 is 0 Å². The SMILES string of the molecule is CC.Cc1ccc2c(c1)OC(C)(C)C(=O)C2=O. The summed E-state index contributed by atoms with van der Waals surface area (Å²) in [5, 5.41) is 0. The minimum absolute atomic E-state index is 0.366. The number of rotatable bonds is 0. The molecule has 0 bridgehead atoms. The van der Waals surface area contributed by atoms with Crippen molar-refractivity contribution in [3.63, 3.8) is 0 Å². The van der Waals surface area contributed by atoms with Crippen molar-refractivity contribution in [3.8, 4) is 5.75 Å². The number of hydrogen-bond acceptors (Lipinski definition) is 3. The highest BCUT2D eigenvalue weighted by Gasteiger charge is 2.41. The van der Waals surface area contributed by atoms with Crippen LogP contribution in [0.15, 0.2) is 18.2 Å². The standard InChI is InChI=1S/C12H12O3.C2H6/c1-7-4-5-8-9(6-7)15-12(2,3)11(14)10(8)13;1-2/h4-6H,1-3H3;1-2H3. The Bertz CT molecular complexity index is 459. The molecule has 0 amide bonds. The van der Waals surface area contributed by atoms with Crippen molar-refractivity contribution in [3.05, 3.63) is 29.3 Å². The van der Waals surface area contributed by atoms with E-state index in [1.165, 1.54) is 0 Å². The highest BCUT2D eigenvalue weighted by molar-refractivity contribution is 6.47. The van der Waals surface area contributed by atoms with Gasteiger partial charge in [0.25, 0.3) is 0 Å². The molecule has 0 fully saturated rings. The molecular weight excluding hydrogens is 216 g/mol. The maximum atomic E-state index is 11.7. The first kappa shape index (κ1) is 13.4. The second-order valence-electron chi connectivity index (χ2n) is 4.27. The van der Waals surface area contributed by atoms with E-state index in [0.29, 0.717) is 11.3 Å². The van der Waals surface area contributed by atoms with Crippen molar-refractivity contribution < 1.29 is 14.3 Å². The lowest BCUT2D eigenvalue weighted by Crippen LogP contribution is -2.46. The van der Waals surface area contributed by atoms with Crippen LogP contribution in [-0.2, 0) is 4.79 Å². The Balaban J connectivity index is 0.000000686. The van der Waals surface area contributed by atoms with Crippen LogP contribution in [-0.4, -0.2) is 17.2 Å². The van der Waals surface area contributed by atoms with E-state index in [4.69, 9.17) is 4.74 Å². The van der Waals surface area contributed by atoms with Crippen LogP contribution in [0.4, 0.5) is 0 Å². The quantitative estimate of drug-likeness (QED) is 0.648. The number of aryl methyl sites for hydroxylation is 1. The van der Waals surface area contributed by atoms with Gasteiger partial charge in [-0.15, -0.1) is 0 Å². The first-order valence-electron chi connectivity index (χ1n) is 5.80. The first-order valence-corrected chi connectivity index (χ1v) is 5.80. The number of benzene rings is 1. The van der Waals surface area contributed by atoms with Crippen molar-refractivity contribution in [1.29, 1.82) is 0 Å². The van der Waals surface area contributed by atoms with Crippen molar-refractivity contribution >= 4 is 11.6 Å². The fourth-order valence-corrected chi connectivity index (χ4v) is 1.62. The molecule has 1 aromatic carbocycles. The third kappa shape index (κ3) is 2.38. The molecular formula is C14H18O3. The molecule has 0 spiro atoms. The predicted molar refractivity (Wildman–Crippen MR) is 66.6 cm³/mol. The Kier molecular flexibility index (Phi) is 3.71. The Labute approximate surface area is 102 Å². The van der Waals surface area contributed by atoms with Crippen molar-refractivity contribution in [2.45, 2.75) is 40.2 Å². The molecule has 3 heteroatoms. The van der Waals surface area contributed by atoms with Crippen LogP contribution in [0.2, 0.25) is 0 Å². The van der Waals surface area contributed by atoms with E-state index < -0.39 is 17.2 Å². The third-order valence-electron chi connectivity index (χ3n) is 2.50. The Hall–Kier alpha value is -1.64. The second kappa shape index (κ2) is 4.70. The van der Waals surface area contributed by atoms with Gasteiger partial charge in [-0.2, -0.15) is 0 Å². The number of fused-ring (bicyclic) bond motifs is 1. The van der Waals surface area contributed by atoms with Gasteiger partial charge in [-0.25, -0.2) is 0 Å². The average Bonchev–Trinajstić information content (AvgIpc) is 2.28. The highest BCUT2D eigenvalue weighted by atomic mass is 16.5.